The molecule has 4 aliphatic rings. The Labute approximate surface area is 195 Å². The Balaban J connectivity index is 0.00000196. The van der Waals surface area contributed by atoms with Gasteiger partial charge >= 0.3 is 0 Å². The molecule has 3 fully saturated rings. The number of hydrogen-bond donors (Lipinski definition) is 1. The van der Waals surface area contributed by atoms with Gasteiger partial charge in [-0.05, 0) is 93.8 Å². The quantitative estimate of drug-likeness (QED) is 0.435. The number of carbonyl (C=O) groups excluding carboxylic acids is 1. The van der Waals surface area contributed by atoms with E-state index in [1.165, 1.54) is 25.7 Å². The number of carbonyl (C=O) groups is 1. The maximum Gasteiger partial charge on any atom is 0.136 e. The molecular formula is C23H36AcO2. The standard InChI is InChI=1S/C23H36O2.Ac/c1-14-12-17-18(21(3)9-6-16(25)13-20(14)21)7-11-23(5)19(17)8-10-22(23,4)15(2)24;/h16-19,25H,6-13H2,1-5H3;. The van der Waals surface area contributed by atoms with Crippen LogP contribution in [-0.4, -0.2) is 17.0 Å². The van der Waals surface area contributed by atoms with Crippen molar-refractivity contribution in [3.05, 3.63) is 11.1 Å². The second-order valence-corrected chi connectivity index (χ2v) is 10.5. The first-order valence-electron chi connectivity index (χ1n) is 10.5. The van der Waals surface area contributed by atoms with Crippen LogP contribution in [-0.2, 0) is 4.79 Å². The Kier molecular flexibility index (Phi) is 5.75. The largest absolute Gasteiger partial charge is 0.393 e. The monoisotopic (exact) mass is 571 g/mol. The third-order valence-electron chi connectivity index (χ3n) is 9.82. The number of Topliss-reactive ketones (excluding diaryl/α,β-unsaturated/α-hetero) is 1. The Hall–Kier alpha value is 0.812. The third-order valence-corrected chi connectivity index (χ3v) is 9.82. The van der Waals surface area contributed by atoms with Crippen LogP contribution in [0.3, 0.4) is 0 Å². The van der Waals surface area contributed by atoms with Crippen LogP contribution in [0.1, 0.15) is 86.0 Å². The van der Waals surface area contributed by atoms with Crippen LogP contribution in [0.5, 0.6) is 0 Å². The number of aliphatic hydroxyl groups excluding tert-OH is 1. The molecule has 3 saturated carbocycles. The van der Waals surface area contributed by atoms with Crippen LogP contribution in [0.4, 0.5) is 0 Å². The molecule has 0 saturated heterocycles. The molecule has 143 valence electrons. The molecule has 1 radical (unpaired) electrons. The number of allylic oxidation sites excluding steroid dienone is 1. The number of aliphatic hydroxyl groups is 1. The Morgan fingerprint density at radius 1 is 1.00 bits per heavy atom. The zero-order chi connectivity index (χ0) is 18.2. The summed E-state index contributed by atoms with van der Waals surface area (Å²) in [5.41, 5.74) is 3.50. The molecule has 0 aromatic rings. The van der Waals surface area contributed by atoms with Gasteiger partial charge in [0.05, 0.1) is 6.10 Å². The van der Waals surface area contributed by atoms with Crippen LogP contribution in [0.25, 0.3) is 0 Å². The normalized spacial score (nSPS) is 50.4. The minimum atomic E-state index is -0.129. The van der Waals surface area contributed by atoms with E-state index in [0.717, 1.165) is 37.5 Å². The predicted octanol–water partition coefficient (Wildman–Crippen LogP) is 5.30. The van der Waals surface area contributed by atoms with Crippen molar-refractivity contribution in [3.8, 4) is 0 Å². The summed E-state index contributed by atoms with van der Waals surface area (Å²) in [6.07, 6.45) is 8.88. The average Bonchev–Trinajstić information content (AvgIpc) is 2.83. The maximum absolute atomic E-state index is 12.5. The van der Waals surface area contributed by atoms with Crippen molar-refractivity contribution in [3.63, 3.8) is 0 Å². The van der Waals surface area contributed by atoms with E-state index in [1.54, 1.807) is 11.1 Å². The van der Waals surface area contributed by atoms with Crippen LogP contribution in [0.2, 0.25) is 0 Å². The fraction of sp³-hybridized carbons (Fsp3) is 0.870. The van der Waals surface area contributed by atoms with E-state index in [-0.39, 0.29) is 61.0 Å². The van der Waals surface area contributed by atoms with Gasteiger partial charge in [-0.25, -0.2) is 0 Å². The smallest absolute Gasteiger partial charge is 0.136 e. The van der Waals surface area contributed by atoms with E-state index < -0.39 is 0 Å². The minimum absolute atomic E-state index is 0. The van der Waals surface area contributed by atoms with Gasteiger partial charge in [-0.1, -0.05) is 31.9 Å². The molecule has 0 bridgehead atoms. The summed E-state index contributed by atoms with van der Waals surface area (Å²) in [5, 5.41) is 10.2. The molecule has 7 atom stereocenters. The first kappa shape index (κ1) is 21.5. The summed E-state index contributed by atoms with van der Waals surface area (Å²) >= 11 is 0. The molecule has 1 N–H and O–H groups in total. The van der Waals surface area contributed by atoms with Gasteiger partial charge < -0.3 is 5.11 Å². The maximum atomic E-state index is 12.5. The van der Waals surface area contributed by atoms with E-state index in [0.29, 0.717) is 17.1 Å². The summed E-state index contributed by atoms with van der Waals surface area (Å²) in [4.78, 5) is 12.5. The molecule has 26 heavy (non-hydrogen) atoms. The Bertz CT molecular complexity index is 640. The van der Waals surface area contributed by atoms with Crippen LogP contribution >= 0.6 is 0 Å². The van der Waals surface area contributed by atoms with Gasteiger partial charge in [0.15, 0.2) is 0 Å². The number of fused-ring (bicyclic) bond motifs is 5. The van der Waals surface area contributed by atoms with Gasteiger partial charge in [0, 0.05) is 49.5 Å². The summed E-state index contributed by atoms with van der Waals surface area (Å²) in [6.45, 7) is 11.3. The predicted molar refractivity (Wildman–Crippen MR) is 101 cm³/mol. The fourth-order valence-corrected chi connectivity index (χ4v) is 7.94. The second kappa shape index (κ2) is 6.95. The molecule has 0 spiro atoms. The summed E-state index contributed by atoms with van der Waals surface area (Å²) in [7, 11) is 0. The molecule has 0 heterocycles. The molecule has 7 unspecified atom stereocenters. The topological polar surface area (TPSA) is 37.3 Å². The minimum Gasteiger partial charge on any atom is -0.393 e. The van der Waals surface area contributed by atoms with E-state index in [2.05, 4.69) is 27.7 Å². The molecule has 0 aromatic carbocycles. The van der Waals surface area contributed by atoms with Gasteiger partial charge in [0.1, 0.15) is 5.78 Å². The summed E-state index contributed by atoms with van der Waals surface area (Å²) in [5.74, 6) is 2.60. The average molecular weight is 572 g/mol. The van der Waals surface area contributed by atoms with E-state index in [4.69, 9.17) is 0 Å². The van der Waals surface area contributed by atoms with Crippen LogP contribution in [0, 0.1) is 78.1 Å². The van der Waals surface area contributed by atoms with E-state index in [1.807, 2.05) is 6.92 Å². The van der Waals surface area contributed by atoms with E-state index >= 15 is 0 Å². The van der Waals surface area contributed by atoms with Crippen LogP contribution < -0.4 is 0 Å². The fourth-order valence-electron chi connectivity index (χ4n) is 7.94. The van der Waals surface area contributed by atoms with Gasteiger partial charge in [0.25, 0.3) is 0 Å². The SMILES string of the molecule is CC(=O)C1(C)CCC2C3CC(C)=C4CC(O)CCC4(C)C3CCC21C.[Ac]. The molecule has 3 heteroatoms. The zero-order valence-electron chi connectivity index (χ0n) is 17.4. The molecule has 2 nitrogen and oxygen atoms in total. The first-order valence-corrected chi connectivity index (χ1v) is 10.5. The Morgan fingerprint density at radius 3 is 2.31 bits per heavy atom. The van der Waals surface area contributed by atoms with Crippen molar-refractivity contribution < 1.29 is 54.0 Å². The van der Waals surface area contributed by atoms with Crippen molar-refractivity contribution in [1.29, 1.82) is 0 Å². The number of ketones is 1. The van der Waals surface area contributed by atoms with Crippen molar-refractivity contribution in [2.75, 3.05) is 0 Å². The van der Waals surface area contributed by atoms with Crippen molar-refractivity contribution in [2.45, 2.75) is 92.1 Å². The molecule has 4 rings (SSSR count). The molecule has 0 aromatic heterocycles. The van der Waals surface area contributed by atoms with Crippen LogP contribution in [0.15, 0.2) is 11.1 Å². The van der Waals surface area contributed by atoms with Gasteiger partial charge in [-0.2, -0.15) is 0 Å². The number of hydrogen-bond acceptors (Lipinski definition) is 2. The molecular weight excluding hydrogens is 535 g/mol. The van der Waals surface area contributed by atoms with Gasteiger partial charge in [-0.3, -0.25) is 4.79 Å². The number of rotatable bonds is 1. The van der Waals surface area contributed by atoms with E-state index in [9.17, 15) is 9.90 Å². The van der Waals surface area contributed by atoms with Crippen molar-refractivity contribution in [2.24, 2.45) is 34.0 Å². The van der Waals surface area contributed by atoms with Crippen molar-refractivity contribution in [1.82, 2.24) is 0 Å². The van der Waals surface area contributed by atoms with Crippen molar-refractivity contribution >= 4 is 5.78 Å². The zero-order valence-corrected chi connectivity index (χ0v) is 22.1. The summed E-state index contributed by atoms with van der Waals surface area (Å²) in [6, 6.07) is 0. The first-order chi connectivity index (χ1) is 11.6. The third kappa shape index (κ3) is 2.73. The molecule has 0 aliphatic heterocycles. The summed E-state index contributed by atoms with van der Waals surface area (Å²) < 4.78 is 0. The molecule has 0 amide bonds. The van der Waals surface area contributed by atoms with Gasteiger partial charge in [-0.15, -0.1) is 0 Å². The molecule has 4 aliphatic carbocycles. The Morgan fingerprint density at radius 2 is 1.65 bits per heavy atom. The second-order valence-electron chi connectivity index (χ2n) is 10.5. The van der Waals surface area contributed by atoms with Gasteiger partial charge in [0.2, 0.25) is 0 Å².